The fourth-order valence-electron chi connectivity index (χ4n) is 3.03. The van der Waals surface area contributed by atoms with Gasteiger partial charge in [0.25, 0.3) is 10.0 Å². The van der Waals surface area contributed by atoms with Crippen LogP contribution in [0.3, 0.4) is 0 Å². The quantitative estimate of drug-likeness (QED) is 0.492. The van der Waals surface area contributed by atoms with Crippen LogP contribution >= 0.6 is 11.6 Å². The van der Waals surface area contributed by atoms with Gasteiger partial charge in [-0.2, -0.15) is 13.2 Å². The topological polar surface area (TPSA) is 83.5 Å². The molecule has 0 aliphatic carbocycles. The molecule has 0 aromatic heterocycles. The molecule has 162 valence electrons. The molecule has 0 bridgehead atoms. The van der Waals surface area contributed by atoms with Crippen LogP contribution in [0.1, 0.15) is 21.5 Å². The Morgan fingerprint density at radius 2 is 1.68 bits per heavy atom. The molecule has 2 N–H and O–H groups in total. The van der Waals surface area contributed by atoms with E-state index in [9.17, 15) is 31.5 Å². The van der Waals surface area contributed by atoms with E-state index in [2.05, 4.69) is 4.72 Å². The highest BCUT2D eigenvalue weighted by Gasteiger charge is 2.33. The van der Waals surface area contributed by atoms with Gasteiger partial charge in [-0.1, -0.05) is 48.0 Å². The Morgan fingerprint density at radius 1 is 1.03 bits per heavy atom. The highest BCUT2D eigenvalue weighted by atomic mass is 35.5. The van der Waals surface area contributed by atoms with Gasteiger partial charge in [0.2, 0.25) is 0 Å². The average Bonchev–Trinajstić information content (AvgIpc) is 2.68. The number of aromatic carboxylic acids is 1. The number of sulfonamides is 1. The van der Waals surface area contributed by atoms with Crippen LogP contribution < -0.4 is 4.72 Å². The number of carboxylic acid groups (broad SMARTS) is 1. The molecule has 0 atom stereocenters. The van der Waals surface area contributed by atoms with Crippen molar-refractivity contribution in [1.29, 1.82) is 0 Å². The predicted octanol–water partition coefficient (Wildman–Crippen LogP) is 5.83. The van der Waals surface area contributed by atoms with E-state index >= 15 is 0 Å². The third kappa shape index (κ3) is 4.83. The molecule has 0 saturated carbocycles. The highest BCUT2D eigenvalue weighted by molar-refractivity contribution is 7.92. The molecular weight excluding hydrogens is 455 g/mol. The lowest BCUT2D eigenvalue weighted by Crippen LogP contribution is -2.18. The number of carboxylic acids is 1. The molecule has 0 fully saturated rings. The summed E-state index contributed by atoms with van der Waals surface area (Å²) in [7, 11) is -4.59. The van der Waals surface area contributed by atoms with E-state index in [0.717, 1.165) is 6.07 Å². The van der Waals surface area contributed by atoms with Gasteiger partial charge in [0.05, 0.1) is 21.7 Å². The van der Waals surface area contributed by atoms with E-state index in [1.54, 1.807) is 30.3 Å². The Hall–Kier alpha value is -3.04. The number of hydrogen-bond acceptors (Lipinski definition) is 3. The highest BCUT2D eigenvalue weighted by Crippen LogP contribution is 2.36. The number of benzene rings is 3. The first kappa shape index (κ1) is 22.6. The smallest absolute Gasteiger partial charge is 0.416 e. The average molecular weight is 470 g/mol. The maximum Gasteiger partial charge on any atom is 0.416 e. The molecule has 10 heteroatoms. The summed E-state index contributed by atoms with van der Waals surface area (Å²) < 4.78 is 67.1. The van der Waals surface area contributed by atoms with Crippen LogP contribution in [0.4, 0.5) is 18.9 Å². The monoisotopic (exact) mass is 469 g/mol. The van der Waals surface area contributed by atoms with Crippen LogP contribution in [-0.4, -0.2) is 19.5 Å². The number of rotatable bonds is 5. The Balaban J connectivity index is 2.15. The summed E-state index contributed by atoms with van der Waals surface area (Å²) >= 11 is 5.70. The van der Waals surface area contributed by atoms with Crippen molar-refractivity contribution in [3.8, 4) is 11.1 Å². The third-order valence-corrected chi connectivity index (χ3v) is 6.07. The Labute approximate surface area is 181 Å². The molecule has 3 aromatic rings. The fourth-order valence-corrected chi connectivity index (χ4v) is 4.54. The van der Waals surface area contributed by atoms with Gasteiger partial charge in [0.1, 0.15) is 0 Å². The largest absolute Gasteiger partial charge is 0.478 e. The Morgan fingerprint density at radius 3 is 2.26 bits per heavy atom. The third-order valence-electron chi connectivity index (χ3n) is 4.53. The van der Waals surface area contributed by atoms with Crippen molar-refractivity contribution in [2.45, 2.75) is 18.0 Å². The second-order valence-corrected chi connectivity index (χ2v) is 8.73. The molecule has 5 nitrogen and oxygen atoms in total. The van der Waals surface area contributed by atoms with Gasteiger partial charge in [-0.25, -0.2) is 13.2 Å². The summed E-state index contributed by atoms with van der Waals surface area (Å²) in [5.74, 6) is -1.40. The van der Waals surface area contributed by atoms with Gasteiger partial charge in [-0.15, -0.1) is 0 Å². The van der Waals surface area contributed by atoms with E-state index in [1.165, 1.54) is 19.1 Å². The zero-order valence-electron chi connectivity index (χ0n) is 15.9. The summed E-state index contributed by atoms with van der Waals surface area (Å²) in [6.07, 6.45) is -4.81. The van der Waals surface area contributed by atoms with Gasteiger partial charge in [-0.05, 0) is 47.9 Å². The van der Waals surface area contributed by atoms with E-state index in [0.29, 0.717) is 28.8 Å². The molecule has 0 heterocycles. The molecule has 0 saturated heterocycles. The lowest BCUT2D eigenvalue weighted by atomic mass is 9.96. The van der Waals surface area contributed by atoms with Gasteiger partial charge < -0.3 is 5.11 Å². The van der Waals surface area contributed by atoms with E-state index < -0.39 is 37.7 Å². The van der Waals surface area contributed by atoms with Crippen LogP contribution in [0, 0.1) is 6.92 Å². The molecule has 0 aliphatic rings. The maximum absolute atomic E-state index is 13.1. The number of carbonyl (C=O) groups is 1. The van der Waals surface area contributed by atoms with Gasteiger partial charge in [-0.3, -0.25) is 4.72 Å². The fraction of sp³-hybridized carbons (Fsp3) is 0.0952. The van der Waals surface area contributed by atoms with Crippen LogP contribution in [0.2, 0.25) is 5.02 Å². The summed E-state index contributed by atoms with van der Waals surface area (Å²) in [6, 6.07) is 13.5. The first-order valence-corrected chi connectivity index (χ1v) is 10.6. The number of anilines is 1. The second-order valence-electron chi connectivity index (χ2n) is 6.61. The van der Waals surface area contributed by atoms with E-state index in [1.807, 2.05) is 0 Å². The lowest BCUT2D eigenvalue weighted by molar-refractivity contribution is -0.137. The van der Waals surface area contributed by atoms with Crippen molar-refractivity contribution in [1.82, 2.24) is 0 Å². The van der Waals surface area contributed by atoms with Crippen molar-refractivity contribution < 1.29 is 31.5 Å². The standard InChI is InChI=1S/C21H15ClF3NO4S/c1-12-17(13-5-3-2-4-6-13)7-8-18(20(27)28)19(12)26-31(29,30)16-10-14(21(23,24)25)9-15(22)11-16/h2-11,26H,1H3,(H,27,28). The molecule has 0 radical (unpaired) electrons. The number of halogens is 4. The van der Waals surface area contributed by atoms with Crippen molar-refractivity contribution in [2.24, 2.45) is 0 Å². The lowest BCUT2D eigenvalue weighted by Gasteiger charge is -2.17. The molecule has 31 heavy (non-hydrogen) atoms. The van der Waals surface area contributed by atoms with E-state index in [4.69, 9.17) is 11.6 Å². The maximum atomic E-state index is 13.1. The molecule has 0 unspecified atom stereocenters. The molecule has 0 spiro atoms. The zero-order valence-corrected chi connectivity index (χ0v) is 17.4. The Bertz CT molecular complexity index is 1260. The van der Waals surface area contributed by atoms with Crippen LogP contribution in [-0.2, 0) is 16.2 Å². The summed E-state index contributed by atoms with van der Waals surface area (Å²) in [6.45, 7) is 1.52. The van der Waals surface area contributed by atoms with Crippen molar-refractivity contribution in [3.05, 3.63) is 82.4 Å². The molecule has 0 aliphatic heterocycles. The van der Waals surface area contributed by atoms with Crippen molar-refractivity contribution in [2.75, 3.05) is 4.72 Å². The number of alkyl halides is 3. The van der Waals surface area contributed by atoms with Crippen molar-refractivity contribution >= 4 is 33.3 Å². The van der Waals surface area contributed by atoms with E-state index in [-0.39, 0.29) is 11.3 Å². The zero-order chi connectivity index (χ0) is 23.0. The minimum atomic E-state index is -4.81. The minimum Gasteiger partial charge on any atom is -0.478 e. The molecular formula is C21H15ClF3NO4S. The summed E-state index contributed by atoms with van der Waals surface area (Å²) in [5, 5.41) is 9.08. The number of hydrogen-bond donors (Lipinski definition) is 2. The second kappa shape index (κ2) is 8.24. The predicted molar refractivity (Wildman–Crippen MR) is 111 cm³/mol. The van der Waals surface area contributed by atoms with Crippen LogP contribution in [0.25, 0.3) is 11.1 Å². The SMILES string of the molecule is Cc1c(-c2ccccc2)ccc(C(=O)O)c1NS(=O)(=O)c1cc(Cl)cc(C(F)(F)F)c1. The molecule has 3 aromatic carbocycles. The first-order chi connectivity index (χ1) is 14.4. The normalized spacial score (nSPS) is 11.9. The molecule has 0 amide bonds. The van der Waals surface area contributed by atoms with Gasteiger partial charge in [0, 0.05) is 5.02 Å². The summed E-state index contributed by atoms with van der Waals surface area (Å²) in [5.41, 5.74) is -0.271. The van der Waals surface area contributed by atoms with Crippen molar-refractivity contribution in [3.63, 3.8) is 0 Å². The van der Waals surface area contributed by atoms with Gasteiger partial charge >= 0.3 is 12.1 Å². The summed E-state index contributed by atoms with van der Waals surface area (Å²) in [4.78, 5) is 10.9. The molecule has 3 rings (SSSR count). The minimum absolute atomic E-state index is 0.248. The Kier molecular flexibility index (Phi) is 6.02. The van der Waals surface area contributed by atoms with Crippen LogP contribution in [0.15, 0.2) is 65.6 Å². The first-order valence-electron chi connectivity index (χ1n) is 8.73. The van der Waals surface area contributed by atoms with Crippen LogP contribution in [0.5, 0.6) is 0 Å². The number of nitrogens with one attached hydrogen (secondary N) is 1. The van der Waals surface area contributed by atoms with Gasteiger partial charge in [0.15, 0.2) is 0 Å².